The summed E-state index contributed by atoms with van der Waals surface area (Å²) in [6.45, 7) is 6.63. The van der Waals surface area contributed by atoms with Crippen LogP contribution < -0.4 is 0 Å². The number of likely N-dealkylation sites (N-methyl/N-ethyl adjacent to an activating group) is 1. The molecule has 1 aliphatic heterocycles. The van der Waals surface area contributed by atoms with Gasteiger partial charge in [0.15, 0.2) is 0 Å². The first-order chi connectivity index (χ1) is 9.38. The Bertz CT molecular complexity index is 495. The molecule has 0 radical (unpaired) electrons. The third-order valence-electron chi connectivity index (χ3n) is 4.13. The second-order valence-corrected chi connectivity index (χ2v) is 5.66. The fraction of sp³-hybridized carbons (Fsp3) is 0.533. The van der Waals surface area contributed by atoms with Gasteiger partial charge in [0.25, 0.3) is 0 Å². The number of rotatable bonds is 3. The van der Waals surface area contributed by atoms with E-state index in [4.69, 9.17) is 0 Å². The van der Waals surface area contributed by atoms with Gasteiger partial charge in [-0.2, -0.15) is 0 Å². The first-order valence-electron chi connectivity index (χ1n) is 6.84. The Morgan fingerprint density at radius 2 is 1.95 bits per heavy atom. The van der Waals surface area contributed by atoms with E-state index in [1.165, 1.54) is 6.07 Å². The topological polar surface area (TPSA) is 43.8 Å². The molecule has 1 aliphatic rings. The molecule has 2 unspecified atom stereocenters. The van der Waals surface area contributed by atoms with Crippen LogP contribution in [0.2, 0.25) is 0 Å². The van der Waals surface area contributed by atoms with E-state index in [2.05, 4.69) is 30.7 Å². The van der Waals surface area contributed by atoms with E-state index in [9.17, 15) is 14.3 Å². The zero-order valence-electron chi connectivity index (χ0n) is 12.1. The van der Waals surface area contributed by atoms with Crippen LogP contribution in [0.5, 0.6) is 0 Å². The predicted octanol–water partition coefficient (Wildman–Crippen LogP) is 2.05. The van der Waals surface area contributed by atoms with Crippen molar-refractivity contribution in [2.24, 2.45) is 0 Å². The zero-order chi connectivity index (χ0) is 14.9. The van der Waals surface area contributed by atoms with E-state index in [0.29, 0.717) is 24.2 Å². The Balaban J connectivity index is 2.16. The van der Waals surface area contributed by atoms with Crippen molar-refractivity contribution < 1.29 is 14.3 Å². The molecule has 1 N–H and O–H groups in total. The number of hydrogen-bond acceptors (Lipinski definition) is 3. The lowest BCUT2D eigenvalue weighted by Crippen LogP contribution is -2.54. The number of benzene rings is 1. The molecule has 0 aliphatic carbocycles. The van der Waals surface area contributed by atoms with Crippen molar-refractivity contribution in [1.82, 2.24) is 9.80 Å². The number of carboxylic acid groups (broad SMARTS) is 1. The third-order valence-corrected chi connectivity index (χ3v) is 4.13. The molecule has 0 amide bonds. The van der Waals surface area contributed by atoms with Gasteiger partial charge in [0, 0.05) is 31.7 Å². The van der Waals surface area contributed by atoms with Crippen LogP contribution in [0.25, 0.3) is 0 Å². The lowest BCUT2D eigenvalue weighted by molar-refractivity contribution is 0.0548. The number of carboxylic acids is 1. The van der Waals surface area contributed by atoms with Crippen LogP contribution in [-0.4, -0.2) is 53.1 Å². The average molecular weight is 280 g/mol. The number of piperazine rings is 1. The number of nitrogens with zero attached hydrogens (tertiary/aromatic N) is 2. The van der Waals surface area contributed by atoms with Crippen molar-refractivity contribution in [2.75, 3.05) is 20.1 Å². The molecule has 2 atom stereocenters. The van der Waals surface area contributed by atoms with Crippen molar-refractivity contribution >= 4 is 5.97 Å². The maximum absolute atomic E-state index is 13.2. The van der Waals surface area contributed by atoms with E-state index in [1.807, 2.05) is 0 Å². The molecular formula is C15H21FN2O2. The first kappa shape index (κ1) is 14.9. The summed E-state index contributed by atoms with van der Waals surface area (Å²) in [5, 5.41) is 9.17. The molecular weight excluding hydrogens is 259 g/mol. The summed E-state index contributed by atoms with van der Waals surface area (Å²) >= 11 is 0. The molecule has 1 saturated heterocycles. The summed E-state index contributed by atoms with van der Waals surface area (Å²) in [7, 11) is 2.10. The van der Waals surface area contributed by atoms with Gasteiger partial charge in [-0.05, 0) is 38.6 Å². The van der Waals surface area contributed by atoms with Crippen LogP contribution in [0.1, 0.15) is 29.8 Å². The minimum Gasteiger partial charge on any atom is -0.478 e. The van der Waals surface area contributed by atoms with Gasteiger partial charge in [0.05, 0.1) is 5.56 Å². The van der Waals surface area contributed by atoms with Crippen molar-refractivity contribution in [3.8, 4) is 0 Å². The molecule has 20 heavy (non-hydrogen) atoms. The van der Waals surface area contributed by atoms with Crippen LogP contribution >= 0.6 is 0 Å². The second kappa shape index (κ2) is 5.89. The van der Waals surface area contributed by atoms with Gasteiger partial charge in [-0.1, -0.05) is 6.07 Å². The number of halogens is 1. The third kappa shape index (κ3) is 3.16. The average Bonchev–Trinajstić information content (AvgIpc) is 2.37. The minimum absolute atomic E-state index is 0.0595. The molecule has 0 aromatic heterocycles. The molecule has 4 nitrogen and oxygen atoms in total. The van der Waals surface area contributed by atoms with Crippen molar-refractivity contribution in [3.63, 3.8) is 0 Å². The molecule has 1 aromatic rings. The maximum Gasteiger partial charge on any atom is 0.336 e. The highest BCUT2D eigenvalue weighted by Crippen LogP contribution is 2.19. The van der Waals surface area contributed by atoms with Crippen LogP contribution in [0.4, 0.5) is 4.39 Å². The summed E-state index contributed by atoms with van der Waals surface area (Å²) in [4.78, 5) is 15.8. The molecule has 0 saturated carbocycles. The SMILES string of the molecule is CC1CN(Cc2ccc(F)cc2C(=O)O)CC(C)N1C. The fourth-order valence-corrected chi connectivity index (χ4v) is 2.77. The standard InChI is InChI=1S/C15H21FN2O2/c1-10-7-18(8-11(2)17(10)3)9-12-4-5-13(16)6-14(12)15(19)20/h4-6,10-11H,7-9H2,1-3H3,(H,19,20). The Morgan fingerprint density at radius 3 is 2.50 bits per heavy atom. The van der Waals surface area contributed by atoms with Gasteiger partial charge in [-0.3, -0.25) is 9.80 Å². The number of hydrogen-bond donors (Lipinski definition) is 1. The van der Waals surface area contributed by atoms with E-state index in [1.54, 1.807) is 6.07 Å². The van der Waals surface area contributed by atoms with E-state index >= 15 is 0 Å². The molecule has 2 rings (SSSR count). The Labute approximate surface area is 118 Å². The van der Waals surface area contributed by atoms with Gasteiger partial charge >= 0.3 is 5.97 Å². The van der Waals surface area contributed by atoms with Crippen LogP contribution in [0.15, 0.2) is 18.2 Å². The highest BCUT2D eigenvalue weighted by atomic mass is 19.1. The van der Waals surface area contributed by atoms with E-state index in [0.717, 1.165) is 19.2 Å². The first-order valence-corrected chi connectivity index (χ1v) is 6.84. The zero-order valence-corrected chi connectivity index (χ0v) is 12.1. The molecule has 1 fully saturated rings. The Hall–Kier alpha value is -1.46. The molecule has 0 spiro atoms. The van der Waals surface area contributed by atoms with Crippen LogP contribution in [0, 0.1) is 5.82 Å². The molecule has 1 heterocycles. The van der Waals surface area contributed by atoms with Crippen molar-refractivity contribution in [2.45, 2.75) is 32.5 Å². The van der Waals surface area contributed by atoms with Gasteiger partial charge in [-0.25, -0.2) is 9.18 Å². The maximum atomic E-state index is 13.2. The summed E-state index contributed by atoms with van der Waals surface area (Å²) in [6, 6.07) is 4.84. The summed E-state index contributed by atoms with van der Waals surface area (Å²) in [5.74, 6) is -1.58. The molecule has 110 valence electrons. The summed E-state index contributed by atoms with van der Waals surface area (Å²) < 4.78 is 13.2. The number of carbonyl (C=O) groups is 1. The van der Waals surface area contributed by atoms with E-state index < -0.39 is 11.8 Å². The van der Waals surface area contributed by atoms with E-state index in [-0.39, 0.29) is 5.56 Å². The smallest absolute Gasteiger partial charge is 0.336 e. The summed E-state index contributed by atoms with van der Waals surface area (Å²) in [5.41, 5.74) is 0.729. The Morgan fingerprint density at radius 1 is 1.35 bits per heavy atom. The highest BCUT2D eigenvalue weighted by Gasteiger charge is 2.27. The largest absolute Gasteiger partial charge is 0.478 e. The fourth-order valence-electron chi connectivity index (χ4n) is 2.77. The highest BCUT2D eigenvalue weighted by molar-refractivity contribution is 5.89. The molecule has 1 aromatic carbocycles. The van der Waals surface area contributed by atoms with Gasteiger partial charge in [-0.15, -0.1) is 0 Å². The van der Waals surface area contributed by atoms with Gasteiger partial charge < -0.3 is 5.11 Å². The Kier molecular flexibility index (Phi) is 4.40. The number of aromatic carboxylic acids is 1. The quantitative estimate of drug-likeness (QED) is 0.920. The monoisotopic (exact) mass is 280 g/mol. The normalized spacial score (nSPS) is 24.8. The van der Waals surface area contributed by atoms with Gasteiger partial charge in [0.2, 0.25) is 0 Å². The lowest BCUT2D eigenvalue weighted by Gasteiger charge is -2.42. The lowest BCUT2D eigenvalue weighted by atomic mass is 10.0. The van der Waals surface area contributed by atoms with Crippen LogP contribution in [-0.2, 0) is 6.54 Å². The molecule has 0 bridgehead atoms. The summed E-state index contributed by atoms with van der Waals surface area (Å²) in [6.07, 6.45) is 0. The van der Waals surface area contributed by atoms with Crippen molar-refractivity contribution in [3.05, 3.63) is 35.1 Å². The molecule has 5 heteroatoms. The predicted molar refractivity (Wildman–Crippen MR) is 75.3 cm³/mol. The minimum atomic E-state index is -1.07. The van der Waals surface area contributed by atoms with Crippen LogP contribution in [0.3, 0.4) is 0 Å². The van der Waals surface area contributed by atoms with Crippen molar-refractivity contribution in [1.29, 1.82) is 0 Å². The van der Waals surface area contributed by atoms with Gasteiger partial charge in [0.1, 0.15) is 5.82 Å². The second-order valence-electron chi connectivity index (χ2n) is 5.66.